The van der Waals surface area contributed by atoms with E-state index in [0.29, 0.717) is 42.5 Å². The summed E-state index contributed by atoms with van der Waals surface area (Å²) in [6.07, 6.45) is 2.52. The fraction of sp³-hybridized carbons (Fsp3) is 0.471. The number of urea groups is 1. The van der Waals surface area contributed by atoms with E-state index in [1.165, 1.54) is 0 Å². The zero-order valence-electron chi connectivity index (χ0n) is 28.4. The fourth-order valence-corrected chi connectivity index (χ4v) is 3.92. The number of amides is 2. The summed E-state index contributed by atoms with van der Waals surface area (Å²) in [5, 5.41) is 8.99. The molecule has 0 aliphatic heterocycles. The number of nitrogens with zero attached hydrogens (tertiary/aromatic N) is 2. The molecule has 1 aromatic heterocycles. The number of ether oxygens (including phenoxy) is 1. The predicted octanol–water partition coefficient (Wildman–Crippen LogP) is 4.07. The van der Waals surface area contributed by atoms with Crippen molar-refractivity contribution in [3.05, 3.63) is 76.5 Å². The highest BCUT2D eigenvalue weighted by atomic mass is 16.5. The lowest BCUT2D eigenvalue weighted by Gasteiger charge is -2.21. The average molecular weight is 636 g/mol. The summed E-state index contributed by atoms with van der Waals surface area (Å²) in [6.45, 7) is 17.1. The number of para-hydroxylation sites is 2. The van der Waals surface area contributed by atoms with Gasteiger partial charge in [0, 0.05) is 36.2 Å². The first kappa shape index (κ1) is 37.8. The Morgan fingerprint density at radius 1 is 1.04 bits per heavy atom. The van der Waals surface area contributed by atoms with E-state index in [0.717, 1.165) is 30.6 Å². The van der Waals surface area contributed by atoms with E-state index in [4.69, 9.17) is 21.9 Å². The monoisotopic (exact) mass is 635 g/mol. The van der Waals surface area contributed by atoms with Crippen LogP contribution in [0.25, 0.3) is 11.1 Å². The molecule has 1 unspecified atom stereocenters. The van der Waals surface area contributed by atoms with Gasteiger partial charge in [0.2, 0.25) is 0 Å². The summed E-state index contributed by atoms with van der Waals surface area (Å²) in [4.78, 5) is 35.5. The highest BCUT2D eigenvalue weighted by Crippen LogP contribution is 2.24. The number of aromatic nitrogens is 2. The predicted molar refractivity (Wildman–Crippen MR) is 188 cm³/mol. The molecule has 12 heteroatoms. The minimum Gasteiger partial charge on any atom is -0.491 e. The van der Waals surface area contributed by atoms with Gasteiger partial charge in [-0.1, -0.05) is 64.1 Å². The molecular formula is C34H53N9O3. The number of nitrogens with one attached hydrogen (secondary N) is 4. The number of rotatable bonds is 12. The third kappa shape index (κ3) is 14.1. The molecule has 10 N–H and O–H groups in total. The van der Waals surface area contributed by atoms with E-state index in [2.05, 4.69) is 30.9 Å². The van der Waals surface area contributed by atoms with Gasteiger partial charge in [0.15, 0.2) is 5.96 Å². The van der Waals surface area contributed by atoms with Crippen LogP contribution in [-0.2, 0) is 12.0 Å². The Labute approximate surface area is 273 Å². The molecule has 0 aliphatic carbocycles. The molecule has 1 atom stereocenters. The average Bonchev–Trinajstić information content (AvgIpc) is 2.97. The molecule has 0 spiro atoms. The van der Waals surface area contributed by atoms with E-state index in [9.17, 15) is 9.59 Å². The van der Waals surface area contributed by atoms with Crippen molar-refractivity contribution in [1.29, 1.82) is 0 Å². The Morgan fingerprint density at radius 3 is 2.30 bits per heavy atom. The molecule has 252 valence electrons. The Kier molecular flexibility index (Phi) is 14.7. The normalized spacial score (nSPS) is 11.9. The largest absolute Gasteiger partial charge is 0.491 e. The Morgan fingerprint density at radius 2 is 1.72 bits per heavy atom. The number of hydrogen-bond donors (Lipinski definition) is 7. The standard InChI is InChI=1S/C19H28N6O.C15H25N3O2/c1-19(2,3)17-24-12-15(16(26)25-17)14-7-5-13(6-8-14)11-22-9-4-10-23-18(20)21;1-11(9-16)10-20-13-8-6-5-7-12(13)17-14(19)18-15(2,3)4/h5-8,12,22H,4,9-11H2,1-3H3,(H4,20,21,23)(H,24,25,26);5-8,11H,9-10,16H2,1-4H3,(H2,17,18,19). The number of anilines is 1. The van der Waals surface area contributed by atoms with Crippen molar-refractivity contribution in [2.45, 2.75) is 72.4 Å². The maximum absolute atomic E-state index is 12.4. The molecule has 0 fully saturated rings. The highest BCUT2D eigenvalue weighted by Gasteiger charge is 2.18. The first-order chi connectivity index (χ1) is 21.6. The summed E-state index contributed by atoms with van der Waals surface area (Å²) in [7, 11) is 0. The van der Waals surface area contributed by atoms with Gasteiger partial charge < -0.3 is 42.9 Å². The number of aliphatic imine (C=N–C) groups is 1. The molecule has 0 saturated heterocycles. The Hall–Kier alpha value is -4.42. The molecule has 3 aromatic rings. The molecule has 46 heavy (non-hydrogen) atoms. The van der Waals surface area contributed by atoms with Gasteiger partial charge in [0.05, 0.1) is 17.9 Å². The van der Waals surface area contributed by atoms with Gasteiger partial charge in [0.25, 0.3) is 5.56 Å². The van der Waals surface area contributed by atoms with Crippen LogP contribution in [0.15, 0.2) is 64.5 Å². The van der Waals surface area contributed by atoms with Crippen LogP contribution >= 0.6 is 0 Å². The van der Waals surface area contributed by atoms with Gasteiger partial charge in [-0.2, -0.15) is 0 Å². The van der Waals surface area contributed by atoms with Crippen molar-refractivity contribution in [3.8, 4) is 16.9 Å². The van der Waals surface area contributed by atoms with Crippen LogP contribution in [0.1, 0.15) is 66.3 Å². The minimum atomic E-state index is -0.284. The third-order valence-corrected chi connectivity index (χ3v) is 6.46. The van der Waals surface area contributed by atoms with Gasteiger partial charge in [-0.25, -0.2) is 9.78 Å². The maximum atomic E-state index is 12.4. The number of carbonyl (C=O) groups excluding carboxylic acids is 1. The zero-order valence-corrected chi connectivity index (χ0v) is 28.4. The van der Waals surface area contributed by atoms with Crippen LogP contribution in [-0.4, -0.2) is 53.7 Å². The fourth-order valence-electron chi connectivity index (χ4n) is 3.92. The van der Waals surface area contributed by atoms with Crippen molar-refractivity contribution in [2.75, 3.05) is 31.6 Å². The molecule has 0 bridgehead atoms. The van der Waals surface area contributed by atoms with Gasteiger partial charge >= 0.3 is 6.03 Å². The minimum absolute atomic E-state index is 0.115. The number of hydrogen-bond acceptors (Lipinski definition) is 7. The summed E-state index contributed by atoms with van der Waals surface area (Å²) in [5.74, 6) is 1.73. The molecule has 1 heterocycles. The van der Waals surface area contributed by atoms with Gasteiger partial charge in [-0.3, -0.25) is 9.79 Å². The third-order valence-electron chi connectivity index (χ3n) is 6.46. The summed E-state index contributed by atoms with van der Waals surface area (Å²) < 4.78 is 5.70. The van der Waals surface area contributed by atoms with E-state index < -0.39 is 0 Å². The number of carbonyl (C=O) groups is 1. The van der Waals surface area contributed by atoms with E-state index >= 15 is 0 Å². The molecule has 12 nitrogen and oxygen atoms in total. The molecule has 0 radical (unpaired) electrons. The van der Waals surface area contributed by atoms with Crippen LogP contribution < -0.4 is 43.4 Å². The second-order valence-electron chi connectivity index (χ2n) is 13.2. The van der Waals surface area contributed by atoms with E-state index in [-0.39, 0.29) is 34.4 Å². The molecule has 2 aromatic carbocycles. The Bertz CT molecular complexity index is 1450. The molecule has 3 rings (SSSR count). The van der Waals surface area contributed by atoms with Crippen LogP contribution in [0.2, 0.25) is 0 Å². The molecule has 0 aliphatic rings. The lowest BCUT2D eigenvalue weighted by atomic mass is 9.95. The molecular weight excluding hydrogens is 582 g/mol. The SMILES string of the molecule is CC(C)(C)c1ncc(-c2ccc(CNCCCN=C(N)N)cc2)c(=O)[nH]1.CC(CN)COc1ccccc1NC(=O)NC(C)(C)C. The second-order valence-corrected chi connectivity index (χ2v) is 13.2. The van der Waals surface area contributed by atoms with Crippen LogP contribution in [0.5, 0.6) is 5.75 Å². The number of nitrogens with two attached hydrogens (primary N) is 3. The number of H-pyrrole nitrogens is 1. The molecule has 2 amide bonds. The summed E-state index contributed by atoms with van der Waals surface area (Å²) >= 11 is 0. The smallest absolute Gasteiger partial charge is 0.319 e. The summed E-state index contributed by atoms with van der Waals surface area (Å²) in [6, 6.07) is 15.0. The zero-order chi connectivity index (χ0) is 34.3. The topological polar surface area (TPSA) is 199 Å². The quantitative estimate of drug-likeness (QED) is 0.0877. The van der Waals surface area contributed by atoms with Crippen LogP contribution in [0, 0.1) is 5.92 Å². The first-order valence-electron chi connectivity index (χ1n) is 15.6. The van der Waals surface area contributed by atoms with Gasteiger partial charge in [-0.15, -0.1) is 0 Å². The van der Waals surface area contributed by atoms with Crippen LogP contribution in [0.3, 0.4) is 0 Å². The van der Waals surface area contributed by atoms with Crippen molar-refractivity contribution in [3.63, 3.8) is 0 Å². The number of benzene rings is 2. The van der Waals surface area contributed by atoms with Crippen molar-refractivity contribution < 1.29 is 9.53 Å². The molecule has 0 saturated carbocycles. The van der Waals surface area contributed by atoms with Crippen molar-refractivity contribution in [2.24, 2.45) is 28.1 Å². The van der Waals surface area contributed by atoms with E-state index in [1.807, 2.05) is 97.0 Å². The van der Waals surface area contributed by atoms with Crippen LogP contribution in [0.4, 0.5) is 10.5 Å². The summed E-state index contributed by atoms with van der Waals surface area (Å²) in [5.41, 5.74) is 18.8. The second kappa shape index (κ2) is 17.9. The van der Waals surface area contributed by atoms with Gasteiger partial charge in [0.1, 0.15) is 11.6 Å². The first-order valence-corrected chi connectivity index (χ1v) is 15.6. The number of guanidine groups is 1. The lowest BCUT2D eigenvalue weighted by molar-refractivity contribution is 0.243. The lowest BCUT2D eigenvalue weighted by Crippen LogP contribution is -2.43. The van der Waals surface area contributed by atoms with Gasteiger partial charge in [-0.05, 0) is 63.5 Å². The van der Waals surface area contributed by atoms with Crippen molar-refractivity contribution >= 4 is 17.7 Å². The number of aromatic amines is 1. The van der Waals surface area contributed by atoms with E-state index in [1.54, 1.807) is 6.20 Å². The Balaban J connectivity index is 0.000000332. The van der Waals surface area contributed by atoms with Crippen molar-refractivity contribution in [1.82, 2.24) is 20.6 Å². The highest BCUT2D eigenvalue weighted by molar-refractivity contribution is 5.91. The maximum Gasteiger partial charge on any atom is 0.319 e.